The van der Waals surface area contributed by atoms with Crippen LogP contribution in [-0.2, 0) is 0 Å². The first-order valence-electron chi connectivity index (χ1n) is 2.53. The Bertz CT molecular complexity index is 140. The Morgan fingerprint density at radius 3 is 2.22 bits per heavy atom. The molecule has 0 unspecified atom stereocenters. The van der Waals surface area contributed by atoms with E-state index in [1.807, 2.05) is 0 Å². The highest BCUT2D eigenvalue weighted by molar-refractivity contribution is 4.88. The lowest BCUT2D eigenvalue weighted by Gasteiger charge is -2.08. The zero-order valence-corrected chi connectivity index (χ0v) is 5.79. The van der Waals surface area contributed by atoms with E-state index in [4.69, 9.17) is 0 Å². The van der Waals surface area contributed by atoms with E-state index >= 15 is 0 Å². The molecule has 0 aromatic heterocycles. The lowest BCUT2D eigenvalue weighted by Crippen LogP contribution is -2.09. The maximum absolute atomic E-state index is 9.82. The fraction of sp³-hybridized carbons (Fsp3) is 0.600. The molecule has 0 aromatic carbocycles. The summed E-state index contributed by atoms with van der Waals surface area (Å²) in [6.07, 6.45) is 0.972. The van der Waals surface area contributed by atoms with Gasteiger partial charge in [-0.1, -0.05) is 0 Å². The van der Waals surface area contributed by atoms with Gasteiger partial charge in [0, 0.05) is 14.1 Å². The molecule has 0 aliphatic heterocycles. The summed E-state index contributed by atoms with van der Waals surface area (Å²) in [6, 6.07) is 0. The van der Waals surface area contributed by atoms with E-state index < -0.39 is 4.92 Å². The van der Waals surface area contributed by atoms with Gasteiger partial charge in [0.25, 0.3) is 6.20 Å². The van der Waals surface area contributed by atoms with Crippen LogP contribution in [0.3, 0.4) is 0 Å². The number of rotatable bonds is 2. The van der Waals surface area contributed by atoms with Crippen molar-refractivity contribution < 1.29 is 4.92 Å². The summed E-state index contributed by atoms with van der Waals surface area (Å²) in [7, 11) is 3.52. The molecular formula is C5H10N2O2. The summed E-state index contributed by atoms with van der Waals surface area (Å²) in [6.45, 7) is 1.68. The SMILES string of the molecule is CC(=C[N+](=O)[O-])N(C)C. The Balaban J connectivity index is 4.00. The van der Waals surface area contributed by atoms with Crippen LogP contribution in [-0.4, -0.2) is 23.9 Å². The smallest absolute Gasteiger partial charge is 0.253 e. The molecule has 0 saturated heterocycles. The van der Waals surface area contributed by atoms with Crippen molar-refractivity contribution in [2.75, 3.05) is 14.1 Å². The van der Waals surface area contributed by atoms with Crippen molar-refractivity contribution in [1.82, 2.24) is 4.90 Å². The largest absolute Gasteiger partial charge is 0.376 e. The number of nitrogens with zero attached hydrogens (tertiary/aromatic N) is 2. The van der Waals surface area contributed by atoms with E-state index in [1.54, 1.807) is 25.9 Å². The number of allylic oxidation sites excluding steroid dienone is 1. The summed E-state index contributed by atoms with van der Waals surface area (Å²) in [5.41, 5.74) is 0.639. The summed E-state index contributed by atoms with van der Waals surface area (Å²) < 4.78 is 0. The lowest BCUT2D eigenvalue weighted by atomic mass is 10.5. The van der Waals surface area contributed by atoms with Crippen molar-refractivity contribution in [3.63, 3.8) is 0 Å². The molecule has 52 valence electrons. The molecule has 4 heteroatoms. The van der Waals surface area contributed by atoms with E-state index in [2.05, 4.69) is 0 Å². The van der Waals surface area contributed by atoms with Crippen LogP contribution in [0.15, 0.2) is 11.9 Å². The van der Waals surface area contributed by atoms with Gasteiger partial charge in [-0.15, -0.1) is 0 Å². The minimum Gasteiger partial charge on any atom is -0.376 e. The van der Waals surface area contributed by atoms with Gasteiger partial charge in [0.15, 0.2) is 0 Å². The second kappa shape index (κ2) is 3.06. The van der Waals surface area contributed by atoms with Crippen LogP contribution in [0.1, 0.15) is 6.92 Å². The molecule has 0 N–H and O–H groups in total. The molecule has 0 rings (SSSR count). The number of hydrogen-bond acceptors (Lipinski definition) is 3. The minimum atomic E-state index is -0.463. The molecule has 4 nitrogen and oxygen atoms in total. The first-order chi connectivity index (χ1) is 4.04. The van der Waals surface area contributed by atoms with Crippen LogP contribution in [0.25, 0.3) is 0 Å². The van der Waals surface area contributed by atoms with Gasteiger partial charge in [0.1, 0.15) is 0 Å². The predicted octanol–water partition coefficient (Wildman–Crippen LogP) is 0.686. The van der Waals surface area contributed by atoms with Crippen molar-refractivity contribution in [2.24, 2.45) is 0 Å². The van der Waals surface area contributed by atoms with Crippen molar-refractivity contribution in [3.8, 4) is 0 Å². The van der Waals surface area contributed by atoms with Gasteiger partial charge in [-0.05, 0) is 6.92 Å². The first-order valence-corrected chi connectivity index (χ1v) is 2.53. The maximum atomic E-state index is 9.82. The monoisotopic (exact) mass is 130 g/mol. The highest BCUT2D eigenvalue weighted by atomic mass is 16.6. The molecule has 9 heavy (non-hydrogen) atoms. The summed E-state index contributed by atoms with van der Waals surface area (Å²) in [5, 5.41) is 9.82. The molecule has 0 saturated carbocycles. The average Bonchev–Trinajstić information content (AvgIpc) is 1.63. The molecular weight excluding hydrogens is 120 g/mol. The summed E-state index contributed by atoms with van der Waals surface area (Å²) >= 11 is 0. The van der Waals surface area contributed by atoms with Crippen LogP contribution in [0.5, 0.6) is 0 Å². The molecule has 0 bridgehead atoms. The Morgan fingerprint density at radius 2 is 2.11 bits per heavy atom. The third-order valence-electron chi connectivity index (χ3n) is 0.998. The minimum absolute atomic E-state index is 0.463. The van der Waals surface area contributed by atoms with Gasteiger partial charge >= 0.3 is 0 Å². The topological polar surface area (TPSA) is 46.4 Å². The molecule has 0 spiro atoms. The van der Waals surface area contributed by atoms with Gasteiger partial charge in [-0.2, -0.15) is 0 Å². The van der Waals surface area contributed by atoms with Crippen molar-refractivity contribution in [1.29, 1.82) is 0 Å². The summed E-state index contributed by atoms with van der Waals surface area (Å²) in [5.74, 6) is 0. The predicted molar refractivity (Wildman–Crippen MR) is 34.4 cm³/mol. The molecule has 0 fully saturated rings. The van der Waals surface area contributed by atoms with Crippen LogP contribution >= 0.6 is 0 Å². The third kappa shape index (κ3) is 3.52. The van der Waals surface area contributed by atoms with Gasteiger partial charge in [-0.25, -0.2) is 0 Å². The van der Waals surface area contributed by atoms with Crippen molar-refractivity contribution >= 4 is 0 Å². The molecule has 0 aliphatic rings. The van der Waals surface area contributed by atoms with Crippen LogP contribution in [0, 0.1) is 10.1 Å². The quantitative estimate of drug-likeness (QED) is 0.408. The highest BCUT2D eigenvalue weighted by Crippen LogP contribution is 1.94. The van der Waals surface area contributed by atoms with E-state index in [9.17, 15) is 10.1 Å². The van der Waals surface area contributed by atoms with Crippen molar-refractivity contribution in [2.45, 2.75) is 6.92 Å². The van der Waals surface area contributed by atoms with E-state index in [-0.39, 0.29) is 0 Å². The molecule has 0 aromatic rings. The molecule has 0 aliphatic carbocycles. The van der Waals surface area contributed by atoms with E-state index in [1.165, 1.54) is 0 Å². The standard InChI is InChI=1S/C5H10N2O2/c1-5(6(2)3)4-7(8)9/h4H,1-3H3. The lowest BCUT2D eigenvalue weighted by molar-refractivity contribution is -0.404. The van der Waals surface area contributed by atoms with E-state index in [0.717, 1.165) is 6.20 Å². The highest BCUT2D eigenvalue weighted by Gasteiger charge is 1.95. The second-order valence-electron chi connectivity index (χ2n) is 1.95. The normalized spacial score (nSPS) is 11.2. The van der Waals surface area contributed by atoms with Gasteiger partial charge < -0.3 is 4.90 Å². The third-order valence-corrected chi connectivity index (χ3v) is 0.998. The Kier molecular flexibility index (Phi) is 2.70. The van der Waals surface area contributed by atoms with E-state index in [0.29, 0.717) is 5.70 Å². The Morgan fingerprint density at radius 1 is 1.67 bits per heavy atom. The Hall–Kier alpha value is -1.06. The van der Waals surface area contributed by atoms with Crippen LogP contribution in [0.2, 0.25) is 0 Å². The maximum Gasteiger partial charge on any atom is 0.253 e. The molecule has 0 atom stereocenters. The zero-order valence-electron chi connectivity index (χ0n) is 5.79. The molecule has 0 heterocycles. The average molecular weight is 130 g/mol. The fourth-order valence-electron chi connectivity index (χ4n) is 0.268. The van der Waals surface area contributed by atoms with Gasteiger partial charge in [0.2, 0.25) is 0 Å². The zero-order chi connectivity index (χ0) is 7.44. The first kappa shape index (κ1) is 7.94. The van der Waals surface area contributed by atoms with Crippen molar-refractivity contribution in [3.05, 3.63) is 22.0 Å². The summed E-state index contributed by atoms with van der Waals surface area (Å²) in [4.78, 5) is 11.0. The number of hydrogen-bond donors (Lipinski definition) is 0. The number of nitro groups is 1. The van der Waals surface area contributed by atoms with Crippen LogP contribution in [0.4, 0.5) is 0 Å². The van der Waals surface area contributed by atoms with Gasteiger partial charge in [0.05, 0.1) is 10.6 Å². The molecule has 0 radical (unpaired) electrons. The second-order valence-corrected chi connectivity index (χ2v) is 1.95. The fourth-order valence-corrected chi connectivity index (χ4v) is 0.268. The van der Waals surface area contributed by atoms with Crippen LogP contribution < -0.4 is 0 Å². The van der Waals surface area contributed by atoms with Gasteiger partial charge in [-0.3, -0.25) is 10.1 Å². The Labute approximate surface area is 53.9 Å². The molecule has 0 amide bonds.